The van der Waals surface area contributed by atoms with E-state index in [9.17, 15) is 9.90 Å². The summed E-state index contributed by atoms with van der Waals surface area (Å²) in [6, 6.07) is 20.4. The van der Waals surface area contributed by atoms with Crippen molar-refractivity contribution in [3.05, 3.63) is 71.8 Å². The van der Waals surface area contributed by atoms with E-state index in [2.05, 4.69) is 42.6 Å². The van der Waals surface area contributed by atoms with Gasteiger partial charge in [0.2, 0.25) is 5.91 Å². The number of aliphatic hydroxyl groups excluding tert-OH is 1. The number of hydrogen-bond donors (Lipinski definition) is 2. The number of benzene rings is 2. The maximum atomic E-state index is 13.2. The van der Waals surface area contributed by atoms with E-state index in [0.29, 0.717) is 18.3 Å². The number of rotatable bonds is 6. The Balaban J connectivity index is 1.36. The van der Waals surface area contributed by atoms with Gasteiger partial charge < -0.3 is 10.4 Å². The molecule has 4 aliphatic rings. The monoisotopic (exact) mass is 403 g/mol. The third-order valence-electron chi connectivity index (χ3n) is 8.73. The fourth-order valence-electron chi connectivity index (χ4n) is 7.21. The molecule has 0 radical (unpaired) electrons. The highest BCUT2D eigenvalue weighted by Gasteiger charge is 2.60. The quantitative estimate of drug-likeness (QED) is 0.723. The molecule has 2 N–H and O–H groups in total. The molecule has 2 aromatic rings. The Labute approximate surface area is 179 Å². The summed E-state index contributed by atoms with van der Waals surface area (Å²) in [5.74, 6) is 3.81. The Bertz CT molecular complexity index is 848. The minimum Gasteiger partial charge on any atom is -0.387 e. The zero-order valence-electron chi connectivity index (χ0n) is 17.8. The van der Waals surface area contributed by atoms with Gasteiger partial charge in [-0.25, -0.2) is 0 Å². The van der Waals surface area contributed by atoms with Crippen molar-refractivity contribution in [1.82, 2.24) is 5.32 Å². The fraction of sp³-hybridized carbons (Fsp3) is 0.519. The fourth-order valence-corrected chi connectivity index (χ4v) is 7.21. The maximum Gasteiger partial charge on any atom is 0.221 e. The van der Waals surface area contributed by atoms with Crippen LogP contribution in [-0.4, -0.2) is 17.6 Å². The molecule has 2 aromatic carbocycles. The zero-order valence-corrected chi connectivity index (χ0v) is 17.8. The summed E-state index contributed by atoms with van der Waals surface area (Å²) in [6.07, 6.45) is 4.95. The van der Waals surface area contributed by atoms with Crippen molar-refractivity contribution in [3.8, 4) is 0 Å². The zero-order chi connectivity index (χ0) is 20.7. The molecule has 0 saturated heterocycles. The summed E-state index contributed by atoms with van der Waals surface area (Å²) in [4.78, 5) is 13.2. The van der Waals surface area contributed by atoms with Crippen LogP contribution in [0, 0.1) is 29.6 Å². The van der Waals surface area contributed by atoms with E-state index in [0.717, 1.165) is 23.3 Å². The lowest BCUT2D eigenvalue weighted by molar-refractivity contribution is -0.133. The number of amides is 1. The van der Waals surface area contributed by atoms with Gasteiger partial charge in [0, 0.05) is 18.4 Å². The summed E-state index contributed by atoms with van der Waals surface area (Å²) in [5, 5.41) is 13.5. The van der Waals surface area contributed by atoms with Gasteiger partial charge in [-0.05, 0) is 66.4 Å². The molecule has 4 fully saturated rings. The number of carbonyl (C=O) groups excluding carboxylic acids is 1. The minimum atomic E-state index is -0.665. The highest BCUT2D eigenvalue weighted by molar-refractivity contribution is 5.78. The predicted molar refractivity (Wildman–Crippen MR) is 119 cm³/mol. The van der Waals surface area contributed by atoms with Crippen LogP contribution in [0.1, 0.15) is 56.3 Å². The van der Waals surface area contributed by atoms with Crippen LogP contribution in [0.15, 0.2) is 60.7 Å². The van der Waals surface area contributed by atoms with Gasteiger partial charge in [-0.3, -0.25) is 4.79 Å². The van der Waals surface area contributed by atoms with Crippen molar-refractivity contribution in [1.29, 1.82) is 0 Å². The molecule has 0 heterocycles. The summed E-state index contributed by atoms with van der Waals surface area (Å²) in [5.41, 5.74) is 2.15. The molecule has 1 unspecified atom stereocenters. The predicted octanol–water partition coefficient (Wildman–Crippen LogP) is 4.87. The van der Waals surface area contributed by atoms with E-state index in [1.54, 1.807) is 0 Å². The van der Waals surface area contributed by atoms with E-state index >= 15 is 0 Å². The van der Waals surface area contributed by atoms with Gasteiger partial charge in [-0.2, -0.15) is 0 Å². The summed E-state index contributed by atoms with van der Waals surface area (Å²) in [6.45, 7) is 2.72. The second kappa shape index (κ2) is 7.85. The Morgan fingerprint density at radius 2 is 1.50 bits per heavy atom. The van der Waals surface area contributed by atoms with Crippen LogP contribution in [0.4, 0.5) is 0 Å². The molecule has 4 aliphatic carbocycles. The van der Waals surface area contributed by atoms with Gasteiger partial charge in [-0.15, -0.1) is 0 Å². The highest BCUT2D eigenvalue weighted by Crippen LogP contribution is 2.65. The molecule has 3 nitrogen and oxygen atoms in total. The summed E-state index contributed by atoms with van der Waals surface area (Å²) in [7, 11) is 0. The minimum absolute atomic E-state index is 0.0455. The van der Waals surface area contributed by atoms with E-state index < -0.39 is 6.10 Å². The van der Waals surface area contributed by atoms with Crippen LogP contribution >= 0.6 is 0 Å². The molecule has 1 amide bonds. The molecule has 0 aromatic heterocycles. The molecule has 0 spiro atoms. The van der Waals surface area contributed by atoms with E-state index in [1.807, 2.05) is 30.3 Å². The molecule has 4 bridgehead atoms. The van der Waals surface area contributed by atoms with Crippen molar-refractivity contribution in [2.24, 2.45) is 29.6 Å². The first-order chi connectivity index (χ1) is 14.6. The van der Waals surface area contributed by atoms with Crippen molar-refractivity contribution in [2.75, 3.05) is 6.54 Å². The van der Waals surface area contributed by atoms with E-state index in [-0.39, 0.29) is 17.9 Å². The van der Waals surface area contributed by atoms with Gasteiger partial charge in [-0.1, -0.05) is 67.6 Å². The van der Waals surface area contributed by atoms with Crippen LogP contribution in [-0.2, 0) is 10.2 Å². The molecular formula is C27H33NO2. The molecule has 30 heavy (non-hydrogen) atoms. The smallest absolute Gasteiger partial charge is 0.221 e. The Hall–Kier alpha value is -2.13. The molecular weight excluding hydrogens is 370 g/mol. The maximum absolute atomic E-state index is 13.2. The average Bonchev–Trinajstić information content (AvgIpc) is 2.77. The van der Waals surface area contributed by atoms with Gasteiger partial charge in [0.05, 0.1) is 6.10 Å². The Morgan fingerprint density at radius 3 is 2.07 bits per heavy atom. The topological polar surface area (TPSA) is 49.3 Å². The van der Waals surface area contributed by atoms with Gasteiger partial charge >= 0.3 is 0 Å². The van der Waals surface area contributed by atoms with Gasteiger partial charge in [0.25, 0.3) is 0 Å². The number of aliphatic hydroxyl groups is 1. The first kappa shape index (κ1) is 19.8. The van der Waals surface area contributed by atoms with Crippen LogP contribution in [0.25, 0.3) is 0 Å². The van der Waals surface area contributed by atoms with E-state index in [1.165, 1.54) is 31.2 Å². The van der Waals surface area contributed by atoms with Crippen molar-refractivity contribution < 1.29 is 9.90 Å². The van der Waals surface area contributed by atoms with Crippen molar-refractivity contribution >= 4 is 5.91 Å². The Kier molecular flexibility index (Phi) is 5.18. The molecule has 0 aliphatic heterocycles. The first-order valence-electron chi connectivity index (χ1n) is 11.6. The van der Waals surface area contributed by atoms with Crippen molar-refractivity contribution in [2.45, 2.75) is 50.5 Å². The standard InChI is InChI=1S/C27H33NO2/c1-18-20-12-23-14-21(18)15-24(13-20)27(23,22-10-6-3-7-11-22)16-26(30)28-17-25(29)19-8-4-2-5-9-19/h2-11,18,20-21,23-25,29H,12-17H2,1H3,(H,28,30). The van der Waals surface area contributed by atoms with Crippen LogP contribution in [0.2, 0.25) is 0 Å². The highest BCUT2D eigenvalue weighted by atomic mass is 16.3. The SMILES string of the molecule is CC1C2CC3CC1CC(C2)C3(CC(=O)NCC(O)c1ccccc1)c1ccccc1. The largest absolute Gasteiger partial charge is 0.387 e. The van der Waals surface area contributed by atoms with E-state index in [4.69, 9.17) is 0 Å². The molecule has 4 saturated carbocycles. The number of hydrogen-bond acceptors (Lipinski definition) is 2. The van der Waals surface area contributed by atoms with Gasteiger partial charge in [0.15, 0.2) is 0 Å². The second-order valence-corrected chi connectivity index (χ2v) is 10.0. The Morgan fingerprint density at radius 1 is 0.967 bits per heavy atom. The average molecular weight is 404 g/mol. The summed E-state index contributed by atoms with van der Waals surface area (Å²) < 4.78 is 0. The second-order valence-electron chi connectivity index (χ2n) is 10.0. The number of carbonyl (C=O) groups is 1. The normalized spacial score (nSPS) is 35.2. The van der Waals surface area contributed by atoms with Gasteiger partial charge in [0.1, 0.15) is 0 Å². The third-order valence-corrected chi connectivity index (χ3v) is 8.73. The number of nitrogens with one attached hydrogen (secondary N) is 1. The molecule has 6 rings (SSSR count). The summed E-state index contributed by atoms with van der Waals surface area (Å²) >= 11 is 0. The lowest BCUT2D eigenvalue weighted by Crippen LogP contribution is -2.59. The molecule has 158 valence electrons. The first-order valence-corrected chi connectivity index (χ1v) is 11.6. The molecule has 1 atom stereocenters. The third kappa shape index (κ3) is 3.28. The lowest BCUT2D eigenvalue weighted by atomic mass is 9.41. The lowest BCUT2D eigenvalue weighted by Gasteiger charge is -2.63. The van der Waals surface area contributed by atoms with Crippen LogP contribution in [0.3, 0.4) is 0 Å². The molecule has 3 heteroatoms. The van der Waals surface area contributed by atoms with Crippen LogP contribution < -0.4 is 5.32 Å². The van der Waals surface area contributed by atoms with Crippen LogP contribution in [0.5, 0.6) is 0 Å². The van der Waals surface area contributed by atoms with Crippen molar-refractivity contribution in [3.63, 3.8) is 0 Å².